The van der Waals surface area contributed by atoms with Gasteiger partial charge in [-0.25, -0.2) is 4.79 Å². The molecular weight excluding hydrogens is 452 g/mol. The van der Waals surface area contributed by atoms with Crippen LogP contribution in [0, 0.1) is 5.92 Å². The smallest absolute Gasteiger partial charge is 0.338 e. The third-order valence-corrected chi connectivity index (χ3v) is 12.0. The van der Waals surface area contributed by atoms with Crippen molar-refractivity contribution < 1.29 is 19.1 Å². The van der Waals surface area contributed by atoms with Gasteiger partial charge in [0.25, 0.3) is 8.32 Å². The van der Waals surface area contributed by atoms with Gasteiger partial charge in [-0.2, -0.15) is 0 Å². The summed E-state index contributed by atoms with van der Waals surface area (Å²) in [4.78, 5) is 12.8. The van der Waals surface area contributed by atoms with Crippen LogP contribution in [0.15, 0.2) is 103 Å². The van der Waals surface area contributed by atoms with Gasteiger partial charge >= 0.3 is 5.97 Å². The number of esters is 1. The predicted octanol–water partition coefficient (Wildman–Crippen LogP) is 4.73. The molecule has 0 bridgehead atoms. The van der Waals surface area contributed by atoms with Crippen LogP contribution in [0.4, 0.5) is 0 Å². The van der Waals surface area contributed by atoms with Crippen molar-refractivity contribution in [2.24, 2.45) is 5.92 Å². The van der Waals surface area contributed by atoms with E-state index >= 15 is 0 Å². The molecule has 4 rings (SSSR count). The molecule has 0 amide bonds. The first-order chi connectivity index (χ1) is 16.7. The molecule has 0 aliphatic heterocycles. The quantitative estimate of drug-likeness (QED) is 0.298. The summed E-state index contributed by atoms with van der Waals surface area (Å²) >= 11 is 0. The van der Waals surface area contributed by atoms with Crippen LogP contribution in [0.3, 0.4) is 0 Å². The number of hydrogen-bond donors (Lipinski definition) is 1. The summed E-state index contributed by atoms with van der Waals surface area (Å²) in [5.41, 5.74) is 1.15. The molecule has 0 saturated heterocycles. The highest BCUT2D eigenvalue weighted by Crippen LogP contribution is 2.39. The summed E-state index contributed by atoms with van der Waals surface area (Å²) in [6.07, 6.45) is -0.897. The van der Waals surface area contributed by atoms with E-state index in [-0.39, 0.29) is 11.0 Å². The second-order valence-electron chi connectivity index (χ2n) is 10.2. The largest absolute Gasteiger partial charge is 0.458 e. The van der Waals surface area contributed by atoms with Crippen LogP contribution in [0.5, 0.6) is 0 Å². The highest BCUT2D eigenvalue weighted by atomic mass is 28.4. The molecule has 3 aromatic carbocycles. The normalized spacial score (nSPS) is 20.6. The van der Waals surface area contributed by atoms with E-state index in [4.69, 9.17) is 9.16 Å². The van der Waals surface area contributed by atoms with Gasteiger partial charge in [0.15, 0.2) is 0 Å². The van der Waals surface area contributed by atoms with E-state index in [0.29, 0.717) is 24.2 Å². The van der Waals surface area contributed by atoms with Crippen molar-refractivity contribution >= 4 is 24.7 Å². The molecule has 3 atom stereocenters. The highest BCUT2D eigenvalue weighted by Gasteiger charge is 2.51. The van der Waals surface area contributed by atoms with Crippen molar-refractivity contribution in [2.45, 2.75) is 44.4 Å². The Kier molecular flexibility index (Phi) is 7.41. The number of rotatable bonds is 7. The van der Waals surface area contributed by atoms with Gasteiger partial charge in [0.05, 0.1) is 11.7 Å². The van der Waals surface area contributed by atoms with Crippen molar-refractivity contribution in [1.82, 2.24) is 0 Å². The van der Waals surface area contributed by atoms with Crippen LogP contribution in [-0.4, -0.2) is 38.2 Å². The van der Waals surface area contributed by atoms with E-state index in [1.165, 1.54) is 10.4 Å². The molecule has 1 fully saturated rings. The molecule has 1 aliphatic carbocycles. The van der Waals surface area contributed by atoms with E-state index in [1.54, 1.807) is 12.1 Å². The maximum absolute atomic E-state index is 12.8. The zero-order valence-electron chi connectivity index (χ0n) is 20.7. The number of carbonyl (C=O) groups excluding carboxylic acids is 1. The van der Waals surface area contributed by atoms with Crippen molar-refractivity contribution in [3.05, 3.63) is 109 Å². The van der Waals surface area contributed by atoms with E-state index in [2.05, 4.69) is 75.9 Å². The van der Waals surface area contributed by atoms with Crippen LogP contribution in [0.2, 0.25) is 5.04 Å². The second kappa shape index (κ2) is 10.3. The van der Waals surface area contributed by atoms with Gasteiger partial charge < -0.3 is 14.3 Å². The number of aliphatic hydroxyl groups is 1. The van der Waals surface area contributed by atoms with Crippen molar-refractivity contribution in [3.63, 3.8) is 0 Å². The van der Waals surface area contributed by atoms with Crippen molar-refractivity contribution in [2.75, 3.05) is 6.61 Å². The number of aliphatic hydroxyl groups excluding tert-OH is 1. The summed E-state index contributed by atoms with van der Waals surface area (Å²) in [6, 6.07) is 29.8. The highest BCUT2D eigenvalue weighted by molar-refractivity contribution is 6.99. The van der Waals surface area contributed by atoms with Crippen molar-refractivity contribution in [3.8, 4) is 0 Å². The molecule has 1 saturated carbocycles. The Morgan fingerprint density at radius 2 is 1.40 bits per heavy atom. The number of carbonyl (C=O) groups is 1. The van der Waals surface area contributed by atoms with Crippen LogP contribution < -0.4 is 10.4 Å². The van der Waals surface area contributed by atoms with E-state index < -0.39 is 26.5 Å². The third-order valence-electron chi connectivity index (χ3n) is 6.97. The minimum Gasteiger partial charge on any atom is -0.458 e. The molecule has 5 heteroatoms. The average molecular weight is 487 g/mol. The fourth-order valence-corrected chi connectivity index (χ4v) is 9.71. The number of benzene rings is 3. The van der Waals surface area contributed by atoms with Crippen LogP contribution in [0.1, 0.15) is 37.6 Å². The lowest BCUT2D eigenvalue weighted by Crippen LogP contribution is -2.67. The minimum absolute atomic E-state index is 0.176. The predicted molar refractivity (Wildman–Crippen MR) is 142 cm³/mol. The summed E-state index contributed by atoms with van der Waals surface area (Å²) < 4.78 is 13.0. The molecule has 182 valence electrons. The lowest BCUT2D eigenvalue weighted by atomic mass is 10.0. The van der Waals surface area contributed by atoms with Crippen LogP contribution >= 0.6 is 0 Å². The minimum atomic E-state index is -2.77. The molecule has 0 aromatic heterocycles. The van der Waals surface area contributed by atoms with Gasteiger partial charge in [0, 0.05) is 18.9 Å². The fourth-order valence-electron chi connectivity index (χ4n) is 5.12. The number of ether oxygens (including phenoxy) is 1. The van der Waals surface area contributed by atoms with Gasteiger partial charge in [0.1, 0.15) is 6.10 Å². The summed E-state index contributed by atoms with van der Waals surface area (Å²) in [5, 5.41) is 12.8. The second-order valence-corrected chi connectivity index (χ2v) is 14.5. The molecule has 4 nitrogen and oxygen atoms in total. The first-order valence-corrected chi connectivity index (χ1v) is 14.0. The molecular formula is C30H34O4Si. The van der Waals surface area contributed by atoms with Crippen LogP contribution in [0.25, 0.3) is 0 Å². The van der Waals surface area contributed by atoms with Gasteiger partial charge in [-0.1, -0.05) is 106 Å². The fraction of sp³-hybridized carbons (Fsp3) is 0.300. The Balaban J connectivity index is 1.67. The van der Waals surface area contributed by atoms with E-state index in [9.17, 15) is 9.90 Å². The Labute approximate surface area is 209 Å². The van der Waals surface area contributed by atoms with Gasteiger partial charge in [0.2, 0.25) is 0 Å². The van der Waals surface area contributed by atoms with Gasteiger partial charge in [-0.05, 0) is 33.1 Å². The first kappa shape index (κ1) is 25.1. The lowest BCUT2D eigenvalue weighted by Gasteiger charge is -2.43. The summed E-state index contributed by atoms with van der Waals surface area (Å²) in [7, 11) is -2.77. The third kappa shape index (κ3) is 5.03. The maximum Gasteiger partial charge on any atom is 0.338 e. The molecule has 3 aromatic rings. The summed E-state index contributed by atoms with van der Waals surface area (Å²) in [5.74, 6) is -0.688. The summed E-state index contributed by atoms with van der Waals surface area (Å²) in [6.45, 7) is 11.1. The van der Waals surface area contributed by atoms with E-state index in [1.807, 2.05) is 30.3 Å². The molecule has 35 heavy (non-hydrogen) atoms. The van der Waals surface area contributed by atoms with E-state index in [0.717, 1.165) is 0 Å². The SMILES string of the molecule is C=C1[C@H](O)C[C@H](OC(=O)c2ccccc2)[C@H]1CO[Si](c1ccccc1)(c1ccccc1)C(C)(C)C. The van der Waals surface area contributed by atoms with Crippen LogP contribution in [-0.2, 0) is 9.16 Å². The monoisotopic (exact) mass is 486 g/mol. The molecule has 1 aliphatic rings. The molecule has 0 radical (unpaired) electrons. The Bertz CT molecular complexity index is 1100. The van der Waals surface area contributed by atoms with Gasteiger partial charge in [-0.15, -0.1) is 0 Å². The van der Waals surface area contributed by atoms with Gasteiger partial charge in [-0.3, -0.25) is 0 Å². The molecule has 1 N–H and O–H groups in total. The molecule has 0 unspecified atom stereocenters. The zero-order chi connectivity index (χ0) is 25.1. The lowest BCUT2D eigenvalue weighted by molar-refractivity contribution is 0.0145. The Morgan fingerprint density at radius 1 is 0.914 bits per heavy atom. The number of hydrogen-bond acceptors (Lipinski definition) is 4. The standard InChI is InChI=1S/C30H34O4Si/c1-22-26(28(20-27(22)31)34-29(32)23-14-8-5-9-15-23)21-33-35(30(2,3)4,24-16-10-6-11-17-24)25-18-12-7-13-19-25/h5-19,26-28,31H,1,20-21H2,2-4H3/t26-,27+,28-/m0/s1. The zero-order valence-corrected chi connectivity index (χ0v) is 21.7. The molecule has 0 spiro atoms. The Hall–Kier alpha value is -2.99. The molecule has 0 heterocycles. The van der Waals surface area contributed by atoms with Crippen molar-refractivity contribution in [1.29, 1.82) is 0 Å². The topological polar surface area (TPSA) is 55.8 Å². The Morgan fingerprint density at radius 3 is 1.89 bits per heavy atom. The first-order valence-electron chi connectivity index (χ1n) is 12.1. The average Bonchev–Trinajstić information content (AvgIpc) is 3.12. The maximum atomic E-state index is 12.8.